The number of piperidine rings is 1. The molecule has 2 N–H and O–H groups in total. The molecular weight excluding hydrogens is 276 g/mol. The summed E-state index contributed by atoms with van der Waals surface area (Å²) in [5.41, 5.74) is 9.03. The van der Waals surface area contributed by atoms with Gasteiger partial charge in [0, 0.05) is 31.9 Å². The molecule has 0 spiro atoms. The number of benzene rings is 1. The molecule has 0 aliphatic carbocycles. The van der Waals surface area contributed by atoms with E-state index in [2.05, 4.69) is 29.4 Å². The topological polar surface area (TPSA) is 64.2 Å². The van der Waals surface area contributed by atoms with Crippen molar-refractivity contribution in [2.45, 2.75) is 19.3 Å². The van der Waals surface area contributed by atoms with Gasteiger partial charge in [0.15, 0.2) is 0 Å². The van der Waals surface area contributed by atoms with Crippen LogP contribution >= 0.6 is 0 Å². The van der Waals surface area contributed by atoms with Crippen molar-refractivity contribution in [1.29, 1.82) is 0 Å². The van der Waals surface area contributed by atoms with Gasteiger partial charge in [-0.25, -0.2) is 4.79 Å². The van der Waals surface area contributed by atoms with Crippen LogP contribution in [0, 0.1) is 5.92 Å². The zero-order valence-electron chi connectivity index (χ0n) is 12.9. The maximum Gasteiger partial charge on any atom is 0.314 e. The van der Waals surface area contributed by atoms with E-state index in [4.69, 9.17) is 5.73 Å². The summed E-state index contributed by atoms with van der Waals surface area (Å²) in [7, 11) is 1.93. The Morgan fingerprint density at radius 3 is 2.73 bits per heavy atom. The van der Waals surface area contributed by atoms with Crippen molar-refractivity contribution in [2.24, 2.45) is 18.7 Å². The van der Waals surface area contributed by atoms with E-state index < -0.39 is 0 Å². The van der Waals surface area contributed by atoms with Crippen molar-refractivity contribution >= 4 is 6.03 Å². The molecule has 116 valence electrons. The number of amides is 2. The number of hydrogen-bond acceptors (Lipinski definition) is 2. The zero-order valence-corrected chi connectivity index (χ0v) is 12.9. The molecule has 1 aliphatic heterocycles. The highest BCUT2D eigenvalue weighted by molar-refractivity contribution is 5.72. The van der Waals surface area contributed by atoms with Crippen molar-refractivity contribution in [3.8, 4) is 11.1 Å². The average Bonchev–Trinajstić information content (AvgIpc) is 2.95. The summed E-state index contributed by atoms with van der Waals surface area (Å²) in [5.74, 6) is 0.625. The summed E-state index contributed by atoms with van der Waals surface area (Å²) in [5, 5.41) is 4.23. The lowest BCUT2D eigenvalue weighted by Crippen LogP contribution is -2.41. The van der Waals surface area contributed by atoms with Gasteiger partial charge in [0.1, 0.15) is 0 Å². The SMILES string of the molecule is Cn1cc(-c2cccc(CC3CCN(C(N)=O)CC3)c2)cn1. The largest absolute Gasteiger partial charge is 0.351 e. The molecule has 0 unspecified atom stereocenters. The van der Waals surface area contributed by atoms with Gasteiger partial charge in [0.25, 0.3) is 0 Å². The minimum Gasteiger partial charge on any atom is -0.351 e. The number of nitrogens with two attached hydrogens (primary N) is 1. The number of carbonyl (C=O) groups is 1. The van der Waals surface area contributed by atoms with Gasteiger partial charge in [0.2, 0.25) is 0 Å². The van der Waals surface area contributed by atoms with Crippen LogP contribution in [0.3, 0.4) is 0 Å². The van der Waals surface area contributed by atoms with Crippen LogP contribution in [0.4, 0.5) is 4.79 Å². The highest BCUT2D eigenvalue weighted by Gasteiger charge is 2.21. The number of hydrogen-bond donors (Lipinski definition) is 1. The molecule has 0 radical (unpaired) electrons. The molecule has 1 aromatic carbocycles. The third-order valence-corrected chi connectivity index (χ3v) is 4.42. The molecule has 1 aromatic heterocycles. The lowest BCUT2D eigenvalue weighted by molar-refractivity contribution is 0.179. The first-order valence-electron chi connectivity index (χ1n) is 7.74. The molecule has 1 saturated heterocycles. The number of primary amides is 1. The van der Waals surface area contributed by atoms with E-state index in [1.807, 2.05) is 24.1 Å². The first-order chi connectivity index (χ1) is 10.6. The maximum atomic E-state index is 11.2. The number of aromatic nitrogens is 2. The van der Waals surface area contributed by atoms with E-state index in [1.165, 1.54) is 11.1 Å². The standard InChI is InChI=1S/C17H22N4O/c1-20-12-16(11-19-20)15-4-2-3-14(10-15)9-13-5-7-21(8-6-13)17(18)22/h2-4,10-13H,5-9H2,1H3,(H2,18,22). The van der Waals surface area contributed by atoms with Crippen molar-refractivity contribution in [3.05, 3.63) is 42.2 Å². The first-order valence-corrected chi connectivity index (χ1v) is 7.74. The summed E-state index contributed by atoms with van der Waals surface area (Å²) < 4.78 is 1.82. The Labute approximate surface area is 130 Å². The Hall–Kier alpha value is -2.30. The van der Waals surface area contributed by atoms with Crippen LogP contribution in [0.2, 0.25) is 0 Å². The average molecular weight is 298 g/mol. The van der Waals surface area contributed by atoms with Gasteiger partial charge in [-0.3, -0.25) is 4.68 Å². The zero-order chi connectivity index (χ0) is 15.5. The monoisotopic (exact) mass is 298 g/mol. The van der Waals surface area contributed by atoms with E-state index in [-0.39, 0.29) is 6.03 Å². The molecule has 1 fully saturated rings. The van der Waals surface area contributed by atoms with Crippen LogP contribution in [0.1, 0.15) is 18.4 Å². The molecule has 2 heterocycles. The summed E-state index contributed by atoms with van der Waals surface area (Å²) >= 11 is 0. The van der Waals surface area contributed by atoms with Crippen molar-refractivity contribution in [2.75, 3.05) is 13.1 Å². The summed E-state index contributed by atoms with van der Waals surface area (Å²) in [6, 6.07) is 8.36. The smallest absolute Gasteiger partial charge is 0.314 e. The third-order valence-electron chi connectivity index (χ3n) is 4.42. The molecule has 5 nitrogen and oxygen atoms in total. The predicted molar refractivity (Wildman–Crippen MR) is 86.2 cm³/mol. The molecule has 3 rings (SSSR count). The van der Waals surface area contributed by atoms with E-state index in [0.29, 0.717) is 5.92 Å². The molecule has 0 saturated carbocycles. The number of aryl methyl sites for hydroxylation is 1. The highest BCUT2D eigenvalue weighted by atomic mass is 16.2. The number of likely N-dealkylation sites (tertiary alicyclic amines) is 1. The molecule has 22 heavy (non-hydrogen) atoms. The summed E-state index contributed by atoms with van der Waals surface area (Å²) in [6.07, 6.45) is 7.04. The molecule has 5 heteroatoms. The fraction of sp³-hybridized carbons (Fsp3) is 0.412. The van der Waals surface area contributed by atoms with Crippen LogP contribution in [0.15, 0.2) is 36.7 Å². The first kappa shape index (κ1) is 14.6. The van der Waals surface area contributed by atoms with Gasteiger partial charge in [-0.1, -0.05) is 24.3 Å². The van der Waals surface area contributed by atoms with Gasteiger partial charge in [0.05, 0.1) is 6.20 Å². The normalized spacial score (nSPS) is 16.0. The molecule has 1 aliphatic rings. The van der Waals surface area contributed by atoms with Gasteiger partial charge in [-0.05, 0) is 36.3 Å². The number of nitrogens with zero attached hydrogens (tertiary/aromatic N) is 3. The van der Waals surface area contributed by atoms with Crippen LogP contribution < -0.4 is 5.73 Å². The summed E-state index contributed by atoms with van der Waals surface area (Å²) in [6.45, 7) is 1.56. The Bertz CT molecular complexity index is 656. The fourth-order valence-electron chi connectivity index (χ4n) is 3.14. The number of urea groups is 1. The van der Waals surface area contributed by atoms with Gasteiger partial charge >= 0.3 is 6.03 Å². The second-order valence-corrected chi connectivity index (χ2v) is 6.08. The summed E-state index contributed by atoms with van der Waals surface area (Å²) in [4.78, 5) is 12.9. The highest BCUT2D eigenvalue weighted by Crippen LogP contribution is 2.25. The Morgan fingerprint density at radius 2 is 2.09 bits per heavy atom. The van der Waals surface area contributed by atoms with E-state index >= 15 is 0 Å². The minimum absolute atomic E-state index is 0.294. The number of carbonyl (C=O) groups excluding carboxylic acids is 1. The van der Waals surface area contributed by atoms with Gasteiger partial charge in [-0.2, -0.15) is 5.10 Å². The Balaban J connectivity index is 1.65. The molecule has 2 amide bonds. The van der Waals surface area contributed by atoms with Crippen molar-refractivity contribution in [1.82, 2.24) is 14.7 Å². The third kappa shape index (κ3) is 3.30. The quantitative estimate of drug-likeness (QED) is 0.945. The fourth-order valence-corrected chi connectivity index (χ4v) is 3.14. The van der Waals surface area contributed by atoms with Crippen LogP contribution in [-0.4, -0.2) is 33.8 Å². The van der Waals surface area contributed by atoms with Crippen LogP contribution in [0.5, 0.6) is 0 Å². The lowest BCUT2D eigenvalue weighted by atomic mass is 9.89. The molecule has 0 atom stereocenters. The van der Waals surface area contributed by atoms with Gasteiger partial charge < -0.3 is 10.6 Å². The Kier molecular flexibility index (Phi) is 4.13. The van der Waals surface area contributed by atoms with E-state index in [1.54, 1.807) is 4.90 Å². The van der Waals surface area contributed by atoms with Crippen LogP contribution in [-0.2, 0) is 13.5 Å². The predicted octanol–water partition coefficient (Wildman–Crippen LogP) is 2.42. The maximum absolute atomic E-state index is 11.2. The minimum atomic E-state index is -0.294. The number of rotatable bonds is 3. The van der Waals surface area contributed by atoms with E-state index in [0.717, 1.165) is 37.9 Å². The second kappa shape index (κ2) is 6.22. The van der Waals surface area contributed by atoms with Crippen molar-refractivity contribution < 1.29 is 4.79 Å². The second-order valence-electron chi connectivity index (χ2n) is 6.08. The van der Waals surface area contributed by atoms with Crippen LogP contribution in [0.25, 0.3) is 11.1 Å². The van der Waals surface area contributed by atoms with E-state index in [9.17, 15) is 4.79 Å². The lowest BCUT2D eigenvalue weighted by Gasteiger charge is -2.30. The van der Waals surface area contributed by atoms with Crippen molar-refractivity contribution in [3.63, 3.8) is 0 Å². The molecular formula is C17H22N4O. The molecule has 2 aromatic rings. The Morgan fingerprint density at radius 1 is 1.32 bits per heavy atom. The molecule has 0 bridgehead atoms. The van der Waals surface area contributed by atoms with Gasteiger partial charge in [-0.15, -0.1) is 0 Å².